The van der Waals surface area contributed by atoms with Crippen LogP contribution in [0.25, 0.3) is 11.3 Å². The normalized spacial score (nSPS) is 10.4. The van der Waals surface area contributed by atoms with Crippen molar-refractivity contribution in [3.63, 3.8) is 0 Å². The van der Waals surface area contributed by atoms with Crippen LogP contribution < -0.4 is 5.32 Å². The summed E-state index contributed by atoms with van der Waals surface area (Å²) in [5, 5.41) is 3.16. The molecule has 2 aromatic rings. The fourth-order valence-electron chi connectivity index (χ4n) is 1.86. The molecule has 94 valence electrons. The molecule has 1 aromatic heterocycles. The molecule has 1 N–H and O–H groups in total. The molecule has 3 nitrogen and oxygen atoms in total. The molecule has 0 aliphatic carbocycles. The minimum atomic E-state index is 0.701. The van der Waals surface area contributed by atoms with Crippen LogP contribution in [0.2, 0.25) is 0 Å². The fraction of sp³-hybridized carbons (Fsp3) is 0.333. The van der Waals surface area contributed by atoms with Crippen molar-refractivity contribution in [3.8, 4) is 11.3 Å². The van der Waals surface area contributed by atoms with Gasteiger partial charge < -0.3 is 5.32 Å². The highest BCUT2D eigenvalue weighted by Crippen LogP contribution is 2.20. The quantitative estimate of drug-likeness (QED) is 0.891. The fourth-order valence-corrected chi connectivity index (χ4v) is 1.86. The Morgan fingerprint density at radius 1 is 1.06 bits per heavy atom. The Morgan fingerprint density at radius 3 is 2.39 bits per heavy atom. The summed E-state index contributed by atoms with van der Waals surface area (Å²) in [7, 11) is 0. The van der Waals surface area contributed by atoms with E-state index in [-0.39, 0.29) is 0 Å². The van der Waals surface area contributed by atoms with Gasteiger partial charge in [0.05, 0.1) is 5.69 Å². The summed E-state index contributed by atoms with van der Waals surface area (Å²) in [5.74, 6) is 0.701. The van der Waals surface area contributed by atoms with Gasteiger partial charge in [0, 0.05) is 17.8 Å². The average Bonchev–Trinajstić information content (AvgIpc) is 2.38. The summed E-state index contributed by atoms with van der Waals surface area (Å²) < 4.78 is 0. The monoisotopic (exact) mass is 241 g/mol. The van der Waals surface area contributed by atoms with Crippen molar-refractivity contribution in [2.24, 2.45) is 0 Å². The molecule has 0 unspecified atom stereocenters. The summed E-state index contributed by atoms with van der Waals surface area (Å²) in [5.41, 5.74) is 4.44. The van der Waals surface area contributed by atoms with Crippen LogP contribution in [-0.2, 0) is 6.42 Å². The summed E-state index contributed by atoms with van der Waals surface area (Å²) in [6.45, 7) is 7.03. The van der Waals surface area contributed by atoms with Crippen LogP contribution in [0, 0.1) is 6.92 Å². The summed E-state index contributed by atoms with van der Waals surface area (Å²) in [6.07, 6.45) is 1.06. The van der Waals surface area contributed by atoms with Crippen LogP contribution in [0.1, 0.15) is 25.1 Å². The lowest BCUT2D eigenvalue weighted by molar-refractivity contribution is 1.05. The van der Waals surface area contributed by atoms with Gasteiger partial charge in [-0.3, -0.25) is 0 Å². The van der Waals surface area contributed by atoms with Gasteiger partial charge in [-0.15, -0.1) is 0 Å². The smallest absolute Gasteiger partial charge is 0.223 e. The molecule has 0 radical (unpaired) electrons. The Balaban J connectivity index is 2.36. The largest absolute Gasteiger partial charge is 0.354 e. The Bertz CT molecular complexity index is 518. The van der Waals surface area contributed by atoms with Crippen LogP contribution in [0.4, 0.5) is 5.95 Å². The summed E-state index contributed by atoms with van der Waals surface area (Å²) in [6, 6.07) is 10.6. The number of rotatable bonds is 4. The molecule has 18 heavy (non-hydrogen) atoms. The molecule has 1 heterocycles. The highest BCUT2D eigenvalue weighted by atomic mass is 15.1. The molecule has 0 spiro atoms. The molecule has 0 aliphatic rings. The van der Waals surface area contributed by atoms with Crippen molar-refractivity contribution in [2.45, 2.75) is 27.2 Å². The Morgan fingerprint density at radius 2 is 1.78 bits per heavy atom. The maximum absolute atomic E-state index is 4.53. The minimum Gasteiger partial charge on any atom is -0.354 e. The predicted molar refractivity (Wildman–Crippen MR) is 75.7 cm³/mol. The molecule has 0 atom stereocenters. The maximum atomic E-state index is 4.53. The topological polar surface area (TPSA) is 37.8 Å². The molecule has 0 bridgehead atoms. The van der Waals surface area contributed by atoms with Crippen molar-refractivity contribution in [3.05, 3.63) is 41.6 Å². The highest BCUT2D eigenvalue weighted by Gasteiger charge is 2.04. The lowest BCUT2D eigenvalue weighted by Gasteiger charge is -2.07. The number of aryl methyl sites for hydroxylation is 2. The van der Waals surface area contributed by atoms with Crippen molar-refractivity contribution < 1.29 is 0 Å². The van der Waals surface area contributed by atoms with E-state index >= 15 is 0 Å². The molecule has 1 aromatic carbocycles. The van der Waals surface area contributed by atoms with Gasteiger partial charge in [0.25, 0.3) is 0 Å². The molecular weight excluding hydrogens is 222 g/mol. The number of benzene rings is 1. The van der Waals surface area contributed by atoms with Gasteiger partial charge in [-0.05, 0) is 31.9 Å². The second-order valence-corrected chi connectivity index (χ2v) is 4.30. The lowest BCUT2D eigenvalue weighted by atomic mass is 10.1. The summed E-state index contributed by atoms with van der Waals surface area (Å²) in [4.78, 5) is 8.89. The number of anilines is 1. The molecule has 0 amide bonds. The van der Waals surface area contributed by atoms with E-state index in [4.69, 9.17) is 0 Å². The van der Waals surface area contributed by atoms with Crippen LogP contribution in [0.3, 0.4) is 0 Å². The van der Waals surface area contributed by atoms with Gasteiger partial charge >= 0.3 is 0 Å². The molecule has 0 saturated carbocycles. The van der Waals surface area contributed by atoms with E-state index in [2.05, 4.69) is 46.5 Å². The first kappa shape index (κ1) is 12.6. The first-order valence-electron chi connectivity index (χ1n) is 6.41. The number of hydrogen-bond donors (Lipinski definition) is 1. The van der Waals surface area contributed by atoms with Gasteiger partial charge in [-0.2, -0.15) is 0 Å². The average molecular weight is 241 g/mol. The van der Waals surface area contributed by atoms with Gasteiger partial charge in [-0.25, -0.2) is 9.97 Å². The van der Waals surface area contributed by atoms with Gasteiger partial charge in [0.2, 0.25) is 5.95 Å². The number of hydrogen-bond acceptors (Lipinski definition) is 3. The summed E-state index contributed by atoms with van der Waals surface area (Å²) >= 11 is 0. The molecule has 2 rings (SSSR count). The third-order valence-electron chi connectivity index (χ3n) is 2.85. The standard InChI is InChI=1S/C15H19N3/c1-4-12-6-8-13(9-7-12)14-10-11(3)17-15(18-14)16-5-2/h6-10H,4-5H2,1-3H3,(H,16,17,18). The zero-order valence-corrected chi connectivity index (χ0v) is 11.2. The second kappa shape index (κ2) is 5.63. The molecule has 0 saturated heterocycles. The van der Waals surface area contributed by atoms with E-state index in [0.717, 1.165) is 29.9 Å². The van der Waals surface area contributed by atoms with Gasteiger partial charge in [0.1, 0.15) is 0 Å². The van der Waals surface area contributed by atoms with Gasteiger partial charge in [0.15, 0.2) is 0 Å². The molecule has 0 aliphatic heterocycles. The van der Waals surface area contributed by atoms with E-state index in [9.17, 15) is 0 Å². The van der Waals surface area contributed by atoms with Crippen LogP contribution >= 0.6 is 0 Å². The van der Waals surface area contributed by atoms with Crippen LogP contribution in [0.15, 0.2) is 30.3 Å². The number of aromatic nitrogens is 2. The highest BCUT2D eigenvalue weighted by molar-refractivity contribution is 5.61. The van der Waals surface area contributed by atoms with Crippen molar-refractivity contribution in [1.29, 1.82) is 0 Å². The number of nitrogens with one attached hydrogen (secondary N) is 1. The van der Waals surface area contributed by atoms with Crippen molar-refractivity contribution in [1.82, 2.24) is 9.97 Å². The molecular formula is C15H19N3. The van der Waals surface area contributed by atoms with Crippen molar-refractivity contribution in [2.75, 3.05) is 11.9 Å². The predicted octanol–water partition coefficient (Wildman–Crippen LogP) is 3.45. The van der Waals surface area contributed by atoms with Crippen molar-refractivity contribution >= 4 is 5.95 Å². The molecule has 3 heteroatoms. The second-order valence-electron chi connectivity index (χ2n) is 4.30. The van der Waals surface area contributed by atoms with Gasteiger partial charge in [-0.1, -0.05) is 31.2 Å². The van der Waals surface area contributed by atoms with Crippen LogP contribution in [-0.4, -0.2) is 16.5 Å². The van der Waals surface area contributed by atoms with Crippen LogP contribution in [0.5, 0.6) is 0 Å². The zero-order chi connectivity index (χ0) is 13.0. The first-order chi connectivity index (χ1) is 8.72. The SMILES string of the molecule is CCNc1nc(C)cc(-c2ccc(CC)cc2)n1. The third-order valence-corrected chi connectivity index (χ3v) is 2.85. The van der Waals surface area contributed by atoms with E-state index in [1.807, 2.05) is 19.9 Å². The Kier molecular flexibility index (Phi) is 3.92. The zero-order valence-electron chi connectivity index (χ0n) is 11.2. The lowest BCUT2D eigenvalue weighted by Crippen LogP contribution is -2.03. The van der Waals surface area contributed by atoms with E-state index in [0.29, 0.717) is 5.95 Å². The van der Waals surface area contributed by atoms with E-state index < -0.39 is 0 Å². The first-order valence-corrected chi connectivity index (χ1v) is 6.41. The van der Waals surface area contributed by atoms with E-state index in [1.165, 1.54) is 5.56 Å². The maximum Gasteiger partial charge on any atom is 0.223 e. The van der Waals surface area contributed by atoms with E-state index in [1.54, 1.807) is 0 Å². The third kappa shape index (κ3) is 2.86. The Hall–Kier alpha value is -1.90. The minimum absolute atomic E-state index is 0.701. The number of nitrogens with zero attached hydrogens (tertiary/aromatic N) is 2. The molecule has 0 fully saturated rings. The Labute approximate surface area is 108 Å².